The van der Waals surface area contributed by atoms with Crippen molar-refractivity contribution in [3.05, 3.63) is 6.33 Å². The summed E-state index contributed by atoms with van der Waals surface area (Å²) in [5.41, 5.74) is 9.15. The molecule has 0 bridgehead atoms. The third kappa shape index (κ3) is 5.90. The molecule has 222 valence electrons. The number of carbonyl (C=O) groups is 2. The molecule has 18 heteroatoms. The second-order valence-corrected chi connectivity index (χ2v) is 11.9. The van der Waals surface area contributed by atoms with Crippen molar-refractivity contribution < 1.29 is 47.4 Å². The summed E-state index contributed by atoms with van der Waals surface area (Å²) in [5, 5.41) is 24.5. The van der Waals surface area contributed by atoms with E-state index < -0.39 is 61.9 Å². The SMILES string of the molecule is CCOC(=O)CCNC(=O)C1OP(=O)(OCC2OC(n3cnc4c(N)nc(N)nc43)C(C)(O)C2O)OCC1(C)C. The molecule has 17 nitrogen and oxygen atoms in total. The molecule has 4 heterocycles. The number of hydrogen-bond acceptors (Lipinski definition) is 15. The van der Waals surface area contributed by atoms with Crippen LogP contribution in [0.1, 0.15) is 40.3 Å². The molecule has 4 rings (SSSR count). The van der Waals surface area contributed by atoms with Gasteiger partial charge in [-0.1, -0.05) is 13.8 Å². The fourth-order valence-electron chi connectivity index (χ4n) is 4.38. The van der Waals surface area contributed by atoms with Gasteiger partial charge >= 0.3 is 13.8 Å². The first-order valence-corrected chi connectivity index (χ1v) is 14.0. The van der Waals surface area contributed by atoms with Crippen molar-refractivity contribution in [1.29, 1.82) is 0 Å². The molecule has 0 aliphatic carbocycles. The summed E-state index contributed by atoms with van der Waals surface area (Å²) in [7, 11) is -4.32. The number of nitrogen functional groups attached to an aromatic ring is 2. The zero-order valence-electron chi connectivity index (χ0n) is 22.5. The van der Waals surface area contributed by atoms with Crippen LogP contribution in [0.3, 0.4) is 0 Å². The number of imidazole rings is 1. The molecule has 6 atom stereocenters. The predicted molar refractivity (Wildman–Crippen MR) is 137 cm³/mol. The third-order valence-corrected chi connectivity index (χ3v) is 7.96. The van der Waals surface area contributed by atoms with Crippen molar-refractivity contribution in [2.45, 2.75) is 64.3 Å². The number of aliphatic hydroxyl groups excluding tert-OH is 1. The van der Waals surface area contributed by atoms with Gasteiger partial charge in [0, 0.05) is 12.0 Å². The lowest BCUT2D eigenvalue weighted by molar-refractivity contribution is -0.144. The van der Waals surface area contributed by atoms with Crippen LogP contribution in [-0.4, -0.2) is 91.9 Å². The Morgan fingerprint density at radius 1 is 1.30 bits per heavy atom. The van der Waals surface area contributed by atoms with Crippen molar-refractivity contribution in [2.24, 2.45) is 5.41 Å². The van der Waals surface area contributed by atoms with E-state index >= 15 is 0 Å². The molecule has 0 spiro atoms. The quantitative estimate of drug-likeness (QED) is 0.186. The highest BCUT2D eigenvalue weighted by molar-refractivity contribution is 7.48. The van der Waals surface area contributed by atoms with Crippen LogP contribution in [0.2, 0.25) is 0 Å². The van der Waals surface area contributed by atoms with E-state index in [-0.39, 0.29) is 49.1 Å². The van der Waals surface area contributed by atoms with Crippen molar-refractivity contribution in [1.82, 2.24) is 24.8 Å². The van der Waals surface area contributed by atoms with E-state index in [1.54, 1.807) is 20.8 Å². The number of ether oxygens (including phenoxy) is 2. The molecule has 1 amide bonds. The van der Waals surface area contributed by atoms with Crippen LogP contribution >= 0.6 is 7.82 Å². The van der Waals surface area contributed by atoms with Gasteiger partial charge in [0.25, 0.3) is 0 Å². The fraction of sp³-hybridized carbons (Fsp3) is 0.682. The molecule has 2 fully saturated rings. The number of amides is 1. The first-order chi connectivity index (χ1) is 18.7. The second kappa shape index (κ2) is 11.2. The zero-order chi connectivity index (χ0) is 29.5. The van der Waals surface area contributed by atoms with Crippen LogP contribution < -0.4 is 16.8 Å². The number of aliphatic hydroxyl groups is 2. The topological polar surface area (TPSA) is 245 Å². The number of aromatic nitrogens is 4. The van der Waals surface area contributed by atoms with Gasteiger partial charge in [0.1, 0.15) is 23.3 Å². The number of fused-ring (bicyclic) bond motifs is 1. The molecule has 6 unspecified atom stereocenters. The maximum Gasteiger partial charge on any atom is 0.475 e. The Balaban J connectivity index is 1.43. The van der Waals surface area contributed by atoms with E-state index in [4.69, 9.17) is 34.5 Å². The van der Waals surface area contributed by atoms with Crippen molar-refractivity contribution in [3.63, 3.8) is 0 Å². The Morgan fingerprint density at radius 3 is 2.73 bits per heavy atom. The predicted octanol–water partition coefficient (Wildman–Crippen LogP) is -0.364. The number of nitrogens with two attached hydrogens (primary N) is 2. The second-order valence-electron chi connectivity index (χ2n) is 10.3. The number of hydrogen-bond donors (Lipinski definition) is 5. The normalized spacial score (nSPS) is 31.8. The van der Waals surface area contributed by atoms with Gasteiger partial charge in [-0.05, 0) is 13.8 Å². The Morgan fingerprint density at radius 2 is 2.02 bits per heavy atom. The maximum atomic E-state index is 13.3. The maximum absolute atomic E-state index is 13.3. The van der Waals surface area contributed by atoms with E-state index in [1.165, 1.54) is 17.8 Å². The molecule has 0 saturated carbocycles. The number of esters is 1. The Hall–Kier alpha value is -2.92. The summed E-state index contributed by atoms with van der Waals surface area (Å²) in [4.78, 5) is 36.4. The average molecular weight is 588 g/mol. The number of nitrogens with zero attached hydrogens (tertiary/aromatic N) is 4. The highest BCUT2D eigenvalue weighted by Crippen LogP contribution is 2.57. The fourth-order valence-corrected chi connectivity index (χ4v) is 6.03. The number of phosphoric acid groups is 1. The first-order valence-electron chi connectivity index (χ1n) is 12.5. The highest BCUT2D eigenvalue weighted by Gasteiger charge is 2.55. The minimum atomic E-state index is -4.32. The summed E-state index contributed by atoms with van der Waals surface area (Å²) in [6, 6.07) is 0. The van der Waals surface area contributed by atoms with Gasteiger partial charge in [-0.15, -0.1) is 0 Å². The van der Waals surface area contributed by atoms with E-state index in [1.807, 2.05) is 0 Å². The Labute approximate surface area is 229 Å². The number of nitrogens with one attached hydrogen (secondary N) is 1. The summed E-state index contributed by atoms with van der Waals surface area (Å²) in [6.07, 6.45) is -3.95. The van der Waals surface area contributed by atoms with Crippen LogP contribution in [-0.2, 0) is 37.2 Å². The summed E-state index contributed by atoms with van der Waals surface area (Å²) in [5.74, 6) is -1.20. The molecule has 2 aliphatic rings. The molecule has 2 aliphatic heterocycles. The zero-order valence-corrected chi connectivity index (χ0v) is 23.4. The molecule has 0 radical (unpaired) electrons. The Kier molecular flexibility index (Phi) is 8.38. The molecular weight excluding hydrogens is 553 g/mol. The molecular formula is C22H34N7O10P. The van der Waals surface area contributed by atoms with Crippen LogP contribution in [0.15, 0.2) is 6.33 Å². The number of carbonyl (C=O) groups excluding carboxylic acids is 2. The van der Waals surface area contributed by atoms with Crippen molar-refractivity contribution >= 4 is 42.6 Å². The molecule has 2 aromatic heterocycles. The standard InChI is InChI=1S/C22H34N7O10P/c1-5-35-12(30)6-7-25-18(32)15-21(2,3)9-37-40(34,39-15)36-8-11-14(31)22(4,33)19(38-11)29-10-26-13-16(23)27-20(24)28-17(13)29/h10-11,14-15,19,31,33H,5-9H2,1-4H3,(H,25,32)(H4,23,24,27,28). The molecule has 40 heavy (non-hydrogen) atoms. The van der Waals surface area contributed by atoms with Crippen LogP contribution in [0, 0.1) is 5.41 Å². The molecule has 2 aromatic rings. The van der Waals surface area contributed by atoms with E-state index in [0.717, 1.165) is 0 Å². The van der Waals surface area contributed by atoms with Gasteiger partial charge < -0.3 is 36.5 Å². The first kappa shape index (κ1) is 30.0. The molecule has 2 saturated heterocycles. The minimum absolute atomic E-state index is 0.0106. The smallest absolute Gasteiger partial charge is 0.466 e. The largest absolute Gasteiger partial charge is 0.475 e. The number of rotatable bonds is 9. The van der Waals surface area contributed by atoms with Crippen molar-refractivity contribution in [3.8, 4) is 0 Å². The highest BCUT2D eigenvalue weighted by atomic mass is 31.2. The van der Waals surface area contributed by atoms with Crippen molar-refractivity contribution in [2.75, 3.05) is 37.8 Å². The lowest BCUT2D eigenvalue weighted by Gasteiger charge is -2.39. The van der Waals surface area contributed by atoms with Gasteiger partial charge in [0.05, 0.1) is 32.6 Å². The van der Waals surface area contributed by atoms with E-state index in [0.29, 0.717) is 0 Å². The average Bonchev–Trinajstić information content (AvgIpc) is 3.38. The summed E-state index contributed by atoms with van der Waals surface area (Å²) < 4.78 is 41.6. The summed E-state index contributed by atoms with van der Waals surface area (Å²) in [6.45, 7) is 5.87. The monoisotopic (exact) mass is 587 g/mol. The Bertz CT molecular complexity index is 1320. The molecule has 7 N–H and O–H groups in total. The van der Waals surface area contributed by atoms with Gasteiger partial charge in [-0.3, -0.25) is 27.7 Å². The van der Waals surface area contributed by atoms with Crippen LogP contribution in [0.25, 0.3) is 11.2 Å². The van der Waals surface area contributed by atoms with Crippen LogP contribution in [0.5, 0.6) is 0 Å². The van der Waals surface area contributed by atoms with Gasteiger partial charge in [-0.25, -0.2) is 9.55 Å². The van der Waals surface area contributed by atoms with Gasteiger partial charge in [-0.2, -0.15) is 9.97 Å². The van der Waals surface area contributed by atoms with E-state index in [2.05, 4.69) is 20.3 Å². The van der Waals surface area contributed by atoms with Gasteiger partial charge in [0.2, 0.25) is 11.9 Å². The van der Waals surface area contributed by atoms with Crippen LogP contribution in [0.4, 0.5) is 11.8 Å². The molecule has 0 aromatic carbocycles. The van der Waals surface area contributed by atoms with Gasteiger partial charge in [0.15, 0.2) is 23.8 Å². The number of phosphoric ester groups is 1. The third-order valence-electron chi connectivity index (χ3n) is 6.58. The summed E-state index contributed by atoms with van der Waals surface area (Å²) >= 11 is 0. The van der Waals surface area contributed by atoms with E-state index in [9.17, 15) is 24.4 Å². The minimum Gasteiger partial charge on any atom is -0.466 e. The lowest BCUT2D eigenvalue weighted by atomic mass is 9.87. The lowest BCUT2D eigenvalue weighted by Crippen LogP contribution is -2.50. The number of anilines is 2.